The highest BCUT2D eigenvalue weighted by molar-refractivity contribution is 5.96. The lowest BCUT2D eigenvalue weighted by Gasteiger charge is -2.32. The third-order valence-electron chi connectivity index (χ3n) is 4.98. The van der Waals surface area contributed by atoms with Gasteiger partial charge in [-0.2, -0.15) is 10.2 Å². The van der Waals surface area contributed by atoms with Gasteiger partial charge in [-0.1, -0.05) is 13.8 Å². The molecule has 1 saturated heterocycles. The Kier molecular flexibility index (Phi) is 4.73. The van der Waals surface area contributed by atoms with Gasteiger partial charge in [0.15, 0.2) is 0 Å². The number of nitrogens with zero attached hydrogens (tertiary/aromatic N) is 5. The maximum Gasteiger partial charge on any atom is 0.257 e. The highest BCUT2D eigenvalue weighted by atomic mass is 16.2. The Morgan fingerprint density at radius 1 is 1.25 bits per heavy atom. The fourth-order valence-corrected chi connectivity index (χ4v) is 3.64. The molecule has 24 heavy (non-hydrogen) atoms. The van der Waals surface area contributed by atoms with Gasteiger partial charge in [-0.05, 0) is 38.2 Å². The second-order valence-electron chi connectivity index (χ2n) is 6.62. The molecule has 3 heterocycles. The number of likely N-dealkylation sites (tertiary alicyclic amines) is 1. The number of rotatable bonds is 4. The summed E-state index contributed by atoms with van der Waals surface area (Å²) in [6.07, 6.45) is 7.51. The molecule has 1 aliphatic heterocycles. The lowest BCUT2D eigenvalue weighted by Crippen LogP contribution is -2.39. The minimum absolute atomic E-state index is 0.145. The molecule has 6 heteroatoms. The summed E-state index contributed by atoms with van der Waals surface area (Å²) in [4.78, 5) is 15.1. The van der Waals surface area contributed by atoms with E-state index in [-0.39, 0.29) is 5.91 Å². The Bertz CT molecular complexity index is 722. The van der Waals surface area contributed by atoms with Crippen molar-refractivity contribution in [3.05, 3.63) is 34.9 Å². The summed E-state index contributed by atoms with van der Waals surface area (Å²) >= 11 is 0. The summed E-state index contributed by atoms with van der Waals surface area (Å²) in [7, 11) is 1.93. The van der Waals surface area contributed by atoms with E-state index in [9.17, 15) is 4.79 Å². The van der Waals surface area contributed by atoms with Crippen LogP contribution in [0.15, 0.2) is 12.4 Å². The standard InChI is InChI=1S/C18H27N5O/c1-5-15-17(16(6-2)21(4)20-15)18(24)22-9-7-14(8-10-22)23-12-13(3)11-19-23/h11-12,14H,5-10H2,1-4H3. The Balaban J connectivity index is 1.74. The van der Waals surface area contributed by atoms with Gasteiger partial charge in [0.1, 0.15) is 0 Å². The maximum atomic E-state index is 13.1. The number of carbonyl (C=O) groups excluding carboxylic acids is 1. The monoisotopic (exact) mass is 329 g/mol. The van der Waals surface area contributed by atoms with Crippen LogP contribution in [0.25, 0.3) is 0 Å². The van der Waals surface area contributed by atoms with Crippen LogP contribution in [0.1, 0.15) is 60.0 Å². The molecule has 3 rings (SSSR count). The summed E-state index contributed by atoms with van der Waals surface area (Å²) in [6.45, 7) is 7.76. The number of hydrogen-bond acceptors (Lipinski definition) is 3. The fourth-order valence-electron chi connectivity index (χ4n) is 3.64. The van der Waals surface area contributed by atoms with Crippen LogP contribution in [0, 0.1) is 6.92 Å². The van der Waals surface area contributed by atoms with Gasteiger partial charge in [-0.3, -0.25) is 14.2 Å². The Labute approximate surface area is 143 Å². The molecular weight excluding hydrogens is 302 g/mol. The van der Waals surface area contributed by atoms with Crippen molar-refractivity contribution in [3.8, 4) is 0 Å². The highest BCUT2D eigenvalue weighted by Crippen LogP contribution is 2.25. The zero-order valence-electron chi connectivity index (χ0n) is 15.1. The van der Waals surface area contributed by atoms with E-state index >= 15 is 0 Å². The van der Waals surface area contributed by atoms with Crippen LogP contribution >= 0.6 is 0 Å². The molecule has 6 nitrogen and oxygen atoms in total. The van der Waals surface area contributed by atoms with Crippen LogP contribution < -0.4 is 0 Å². The van der Waals surface area contributed by atoms with Crippen molar-refractivity contribution in [2.45, 2.75) is 52.5 Å². The first-order valence-electron chi connectivity index (χ1n) is 8.89. The molecular formula is C18H27N5O. The molecule has 2 aromatic rings. The van der Waals surface area contributed by atoms with Gasteiger partial charge in [-0.15, -0.1) is 0 Å². The van der Waals surface area contributed by atoms with Gasteiger partial charge < -0.3 is 4.90 Å². The molecule has 1 amide bonds. The molecule has 0 radical (unpaired) electrons. The van der Waals surface area contributed by atoms with Crippen molar-refractivity contribution in [2.24, 2.45) is 7.05 Å². The zero-order chi connectivity index (χ0) is 17.3. The quantitative estimate of drug-likeness (QED) is 0.866. The summed E-state index contributed by atoms with van der Waals surface area (Å²) in [6, 6.07) is 0.396. The van der Waals surface area contributed by atoms with E-state index in [1.165, 1.54) is 5.56 Å². The highest BCUT2D eigenvalue weighted by Gasteiger charge is 2.29. The van der Waals surface area contributed by atoms with Crippen molar-refractivity contribution < 1.29 is 4.79 Å². The molecule has 0 aromatic carbocycles. The van der Waals surface area contributed by atoms with Gasteiger partial charge in [-0.25, -0.2) is 0 Å². The van der Waals surface area contributed by atoms with Crippen LogP contribution in [0.2, 0.25) is 0 Å². The predicted molar refractivity (Wildman–Crippen MR) is 93.1 cm³/mol. The third kappa shape index (κ3) is 2.97. The van der Waals surface area contributed by atoms with Gasteiger partial charge in [0.05, 0.1) is 29.2 Å². The summed E-state index contributed by atoms with van der Waals surface area (Å²) in [5.74, 6) is 0.145. The molecule has 0 N–H and O–H groups in total. The normalized spacial score (nSPS) is 15.9. The second-order valence-corrected chi connectivity index (χ2v) is 6.62. The number of piperidine rings is 1. The first-order valence-corrected chi connectivity index (χ1v) is 8.89. The van der Waals surface area contributed by atoms with Gasteiger partial charge in [0.2, 0.25) is 0 Å². The number of hydrogen-bond donors (Lipinski definition) is 0. The van der Waals surface area contributed by atoms with Gasteiger partial charge in [0.25, 0.3) is 5.91 Å². The lowest BCUT2D eigenvalue weighted by molar-refractivity contribution is 0.0687. The van der Waals surface area contributed by atoms with Gasteiger partial charge >= 0.3 is 0 Å². The molecule has 1 fully saturated rings. The van der Waals surface area contributed by atoms with Crippen molar-refractivity contribution in [1.29, 1.82) is 0 Å². The minimum Gasteiger partial charge on any atom is -0.338 e. The van der Waals surface area contributed by atoms with Crippen LogP contribution in [-0.2, 0) is 19.9 Å². The van der Waals surface area contributed by atoms with Crippen molar-refractivity contribution in [1.82, 2.24) is 24.5 Å². The number of aromatic nitrogens is 4. The SMILES string of the molecule is CCc1nn(C)c(CC)c1C(=O)N1CCC(n2cc(C)cn2)CC1. The van der Waals surface area contributed by atoms with E-state index in [0.29, 0.717) is 6.04 Å². The van der Waals surface area contributed by atoms with Crippen molar-refractivity contribution in [3.63, 3.8) is 0 Å². The van der Waals surface area contributed by atoms with Crippen molar-refractivity contribution >= 4 is 5.91 Å². The largest absolute Gasteiger partial charge is 0.338 e. The molecule has 0 aliphatic carbocycles. The smallest absolute Gasteiger partial charge is 0.257 e. The Morgan fingerprint density at radius 3 is 2.50 bits per heavy atom. The van der Waals surface area contributed by atoms with E-state index in [4.69, 9.17) is 0 Å². The molecule has 0 unspecified atom stereocenters. The average Bonchev–Trinajstić information content (AvgIpc) is 3.17. The molecule has 0 atom stereocenters. The van der Waals surface area contributed by atoms with Crippen LogP contribution in [0.5, 0.6) is 0 Å². The zero-order valence-corrected chi connectivity index (χ0v) is 15.1. The third-order valence-corrected chi connectivity index (χ3v) is 4.98. The second kappa shape index (κ2) is 6.79. The molecule has 0 bridgehead atoms. The predicted octanol–water partition coefficient (Wildman–Crippen LogP) is 2.53. The van der Waals surface area contributed by atoms with E-state index in [0.717, 1.165) is 55.7 Å². The average molecular weight is 329 g/mol. The molecule has 130 valence electrons. The number of amides is 1. The first kappa shape index (κ1) is 16.7. The topological polar surface area (TPSA) is 56.0 Å². The van der Waals surface area contributed by atoms with E-state index < -0.39 is 0 Å². The summed E-state index contributed by atoms with van der Waals surface area (Å²) in [5.41, 5.74) is 3.98. The molecule has 1 aliphatic rings. The van der Waals surface area contributed by atoms with Crippen LogP contribution in [-0.4, -0.2) is 43.5 Å². The molecule has 0 saturated carbocycles. The number of carbonyl (C=O) groups is 1. The first-order chi connectivity index (χ1) is 11.5. The van der Waals surface area contributed by atoms with Gasteiger partial charge in [0, 0.05) is 26.3 Å². The Morgan fingerprint density at radius 2 is 1.96 bits per heavy atom. The van der Waals surface area contributed by atoms with Crippen LogP contribution in [0.3, 0.4) is 0 Å². The fraction of sp³-hybridized carbons (Fsp3) is 0.611. The van der Waals surface area contributed by atoms with Crippen molar-refractivity contribution in [2.75, 3.05) is 13.1 Å². The molecule has 2 aromatic heterocycles. The number of aryl methyl sites for hydroxylation is 3. The molecule has 0 spiro atoms. The lowest BCUT2D eigenvalue weighted by atomic mass is 10.0. The maximum absolute atomic E-state index is 13.1. The van der Waals surface area contributed by atoms with E-state index in [2.05, 4.69) is 41.8 Å². The Hall–Kier alpha value is -2.11. The van der Waals surface area contributed by atoms with E-state index in [1.54, 1.807) is 0 Å². The summed E-state index contributed by atoms with van der Waals surface area (Å²) < 4.78 is 3.92. The minimum atomic E-state index is 0.145. The van der Waals surface area contributed by atoms with Crippen LogP contribution in [0.4, 0.5) is 0 Å². The van der Waals surface area contributed by atoms with E-state index in [1.807, 2.05) is 22.8 Å². The summed E-state index contributed by atoms with van der Waals surface area (Å²) in [5, 5.41) is 8.96.